The SMILES string of the molecule is O=C(c1ccc2c(c1)[CH-][P+](Oc1ccccc1)(Oc1ccccc1)O2)c1ccc2nc3ccccc3cc2c1.[Cl][Ir+2].c1ccc(O[P+]2(Oc3ccccc3)[CH-]c3ccccc3O2)cc1.c1ccc(O[PH+](Oc2ccccc2)Oc2ccccc2)cc1. The minimum absolute atomic E-state index is 0.0787. The third-order valence-corrected chi connectivity index (χ3v) is 17.9. The number of benzene rings is 11. The maximum atomic E-state index is 13.6. The molecule has 0 fully saturated rings. The predicted octanol–water partition coefficient (Wildman–Crippen LogP) is 19.8. The molecule has 0 amide bonds. The first-order valence-electron chi connectivity index (χ1n) is 27.0. The van der Waals surface area contributed by atoms with Gasteiger partial charge < -0.3 is 9.05 Å². The molecule has 2 aliphatic heterocycles. The van der Waals surface area contributed by atoms with Crippen molar-refractivity contribution < 1.29 is 63.4 Å². The van der Waals surface area contributed by atoms with Gasteiger partial charge in [-0.05, 0) is 121 Å². The van der Waals surface area contributed by atoms with Gasteiger partial charge >= 0.3 is 52.0 Å². The smallest absolute Gasteiger partial charge is 0.339 e. The van der Waals surface area contributed by atoms with Gasteiger partial charge in [0.25, 0.3) is 0 Å². The van der Waals surface area contributed by atoms with Crippen molar-refractivity contribution in [3.8, 4) is 51.7 Å². The normalized spacial score (nSPS) is 12.5. The van der Waals surface area contributed by atoms with Crippen molar-refractivity contribution in [3.05, 3.63) is 338 Å². The van der Waals surface area contributed by atoms with E-state index in [0.29, 0.717) is 28.4 Å². The van der Waals surface area contributed by atoms with Crippen LogP contribution in [-0.2, 0) is 17.9 Å². The maximum absolute atomic E-state index is 13.6. The van der Waals surface area contributed by atoms with Crippen molar-refractivity contribution in [2.45, 2.75) is 0 Å². The molecular formula is C70H53ClIrNO10P3+3. The number of rotatable bonds is 16. The summed E-state index contributed by atoms with van der Waals surface area (Å²) >= 11 is 1.47. The second kappa shape index (κ2) is 28.7. The van der Waals surface area contributed by atoms with Gasteiger partial charge in [-0.3, -0.25) is 36.5 Å². The van der Waals surface area contributed by atoms with Crippen LogP contribution in [0.15, 0.2) is 303 Å². The monoisotopic (exact) mass is 1390 g/mol. The van der Waals surface area contributed by atoms with Crippen molar-refractivity contribution in [1.29, 1.82) is 0 Å². The number of nitrogens with zero attached hydrogens (tertiary/aromatic N) is 1. The fourth-order valence-electron chi connectivity index (χ4n) is 8.85. The van der Waals surface area contributed by atoms with Gasteiger partial charge in [0.2, 0.25) is 0 Å². The maximum Gasteiger partial charge on any atom is 0.528 e. The molecule has 426 valence electrons. The van der Waals surface area contributed by atoms with E-state index in [1.807, 2.05) is 297 Å². The number of halogens is 1. The molecule has 0 saturated heterocycles. The largest absolute Gasteiger partial charge is 0.528 e. The molecule has 0 aliphatic carbocycles. The Morgan fingerprint density at radius 1 is 0.360 bits per heavy atom. The van der Waals surface area contributed by atoms with Crippen molar-refractivity contribution in [2.75, 3.05) is 0 Å². The van der Waals surface area contributed by atoms with Gasteiger partial charge in [0.1, 0.15) is 0 Å². The van der Waals surface area contributed by atoms with Crippen LogP contribution < -0.4 is 40.7 Å². The molecule has 86 heavy (non-hydrogen) atoms. The average Bonchev–Trinajstić information content (AvgIpc) is 2.63. The molecule has 0 saturated carbocycles. The van der Waals surface area contributed by atoms with Gasteiger partial charge in [0, 0.05) is 16.3 Å². The molecule has 14 rings (SSSR count). The van der Waals surface area contributed by atoms with Crippen LogP contribution in [0.5, 0.6) is 51.7 Å². The molecule has 11 nitrogen and oxygen atoms in total. The molecule has 12 aromatic rings. The molecule has 0 N–H and O–H groups in total. The van der Waals surface area contributed by atoms with E-state index in [1.165, 1.54) is 17.9 Å². The molecule has 0 spiro atoms. The first-order valence-corrected chi connectivity index (χ1v) is 34.4. The molecule has 3 heterocycles. The average molecular weight is 1390 g/mol. The van der Waals surface area contributed by atoms with E-state index in [1.54, 1.807) is 12.1 Å². The summed E-state index contributed by atoms with van der Waals surface area (Å²) in [5.41, 5.74) is 4.69. The van der Waals surface area contributed by atoms with Gasteiger partial charge in [-0.25, -0.2) is 4.98 Å². The summed E-state index contributed by atoms with van der Waals surface area (Å²) in [7, 11) is -3.06. The van der Waals surface area contributed by atoms with Gasteiger partial charge in [0.05, 0.1) is 34.9 Å². The third-order valence-electron chi connectivity index (χ3n) is 12.8. The Kier molecular flexibility index (Phi) is 19.6. The van der Waals surface area contributed by atoms with Gasteiger partial charge in [-0.1, -0.05) is 181 Å². The summed E-state index contributed by atoms with van der Waals surface area (Å²) in [6, 6.07) is 95.7. The number of carbonyl (C=O) groups excluding carboxylic acids is 1. The van der Waals surface area contributed by atoms with Crippen LogP contribution in [0.3, 0.4) is 0 Å². The quantitative estimate of drug-likeness (QED) is 0.0399. The number of hydrogen-bond acceptors (Lipinski definition) is 11. The summed E-state index contributed by atoms with van der Waals surface area (Å²) in [6.45, 7) is 0. The summed E-state index contributed by atoms with van der Waals surface area (Å²) in [6.07, 6.45) is 3.83. The van der Waals surface area contributed by atoms with Crippen LogP contribution in [0.25, 0.3) is 21.8 Å². The van der Waals surface area contributed by atoms with Crippen LogP contribution in [0.4, 0.5) is 0 Å². The zero-order valence-electron chi connectivity index (χ0n) is 45.7. The number of hydrogen-bond donors (Lipinski definition) is 0. The van der Waals surface area contributed by atoms with E-state index in [9.17, 15) is 4.79 Å². The van der Waals surface area contributed by atoms with Crippen molar-refractivity contribution in [3.63, 3.8) is 0 Å². The fraction of sp³-hybridized carbons (Fsp3) is 0. The molecule has 0 atom stereocenters. The second-order valence-electron chi connectivity index (χ2n) is 18.8. The second-order valence-corrected chi connectivity index (χ2v) is 23.7. The topological polar surface area (TPSA) is 113 Å². The van der Waals surface area contributed by atoms with E-state index in [-0.39, 0.29) is 5.78 Å². The summed E-state index contributed by atoms with van der Waals surface area (Å²) in [5, 5.41) is 1.96. The minimum Gasteiger partial charge on any atom is -0.339 e. The summed E-state index contributed by atoms with van der Waals surface area (Å²) in [4.78, 5) is 18.3. The Bertz CT molecular complexity index is 3910. The van der Waals surface area contributed by atoms with Gasteiger partial charge in [-0.2, -0.15) is 6.07 Å². The summed E-state index contributed by atoms with van der Waals surface area (Å²) < 4.78 is 55.1. The van der Waals surface area contributed by atoms with Crippen molar-refractivity contribution in [2.24, 2.45) is 0 Å². The Morgan fingerprint density at radius 2 is 0.709 bits per heavy atom. The predicted molar refractivity (Wildman–Crippen MR) is 341 cm³/mol. The Labute approximate surface area is 516 Å². The fourth-order valence-corrected chi connectivity index (χ4v) is 14.1. The molecule has 16 heteroatoms. The van der Waals surface area contributed by atoms with Crippen LogP contribution >= 0.6 is 34.1 Å². The van der Waals surface area contributed by atoms with Gasteiger partial charge in [-0.15, -0.1) is 12.1 Å². The molecule has 2 aliphatic rings. The number of para-hydroxylation sites is 9. The number of carbonyl (C=O) groups is 1. The molecule has 1 aromatic heterocycles. The Balaban J connectivity index is 0.000000141. The van der Waals surface area contributed by atoms with Crippen LogP contribution in [-0.4, -0.2) is 10.8 Å². The standard InChI is InChI=1S/C33H22NO4P.C19H15O3P.C18H16O3P.ClH.Ir/c35-33(24-15-17-31-26(20-24)19-23-9-7-8-14-30(23)34-31)25-16-18-32-27(21-25)22-39(38-32,36-28-10-3-1-4-11-28)37-29-12-5-2-6-13-29;1-3-10-17(11-4-1)20-23(21-18-12-5-2-6-13-18)15-16-9-7-8-14-19(16)22-23;1-4-10-16(11-5-1)19-22(20-17-12-6-2-7-13-17)21-18-14-8-3-9-15-18;;/h1-22H;1-15H;1-15,22H;1H;/q;;+1;;+3/p-1. The van der Waals surface area contributed by atoms with E-state index >= 15 is 0 Å². The summed E-state index contributed by atoms with van der Waals surface area (Å²) in [5.74, 6) is 6.22. The number of aromatic nitrogens is 1. The van der Waals surface area contributed by atoms with Crippen LogP contribution in [0, 0.1) is 12.3 Å². The van der Waals surface area contributed by atoms with E-state index in [2.05, 4.69) is 15.6 Å². The van der Waals surface area contributed by atoms with Gasteiger partial charge in [0.15, 0.2) is 46.0 Å². The number of ketones is 1. The zero-order valence-corrected chi connectivity index (χ0v) is 51.6. The molecule has 0 bridgehead atoms. The molecule has 11 aromatic carbocycles. The van der Waals surface area contributed by atoms with E-state index in [4.69, 9.17) is 45.7 Å². The first kappa shape index (κ1) is 58.7. The van der Waals surface area contributed by atoms with Crippen molar-refractivity contribution >= 4 is 61.7 Å². The molecule has 0 unspecified atom stereocenters. The molecular weight excluding hydrogens is 1340 g/mol. The van der Waals surface area contributed by atoms with Crippen molar-refractivity contribution in [1.82, 2.24) is 4.98 Å². The first-order chi connectivity index (χ1) is 42.4. The number of fused-ring (bicyclic) bond motifs is 4. The minimum atomic E-state index is -3.00. The van der Waals surface area contributed by atoms with E-state index < -0.39 is 24.5 Å². The number of pyridine rings is 1. The Hall–Kier alpha value is -9.07. The Morgan fingerprint density at radius 3 is 1.16 bits per heavy atom. The van der Waals surface area contributed by atoms with Crippen LogP contribution in [0.2, 0.25) is 0 Å². The zero-order chi connectivity index (χ0) is 58.8. The third kappa shape index (κ3) is 15.4. The van der Waals surface area contributed by atoms with E-state index in [0.717, 1.165) is 67.4 Å². The van der Waals surface area contributed by atoms with Crippen LogP contribution in [0.1, 0.15) is 27.0 Å². The molecule has 0 radical (unpaired) electrons.